The molecule has 1 heterocycles. The van der Waals surface area contributed by atoms with Crippen LogP contribution < -0.4 is 16.4 Å². The van der Waals surface area contributed by atoms with Gasteiger partial charge in [0, 0.05) is 25.9 Å². The van der Waals surface area contributed by atoms with Crippen LogP contribution in [0.25, 0.3) is 5.57 Å². The van der Waals surface area contributed by atoms with E-state index in [9.17, 15) is 0 Å². The zero-order valence-corrected chi connectivity index (χ0v) is 14.7. The number of hydrogen-bond acceptors (Lipinski definition) is 4. The summed E-state index contributed by atoms with van der Waals surface area (Å²) >= 11 is 0. The van der Waals surface area contributed by atoms with Gasteiger partial charge in [0.25, 0.3) is 0 Å². The zero-order chi connectivity index (χ0) is 17.7. The van der Waals surface area contributed by atoms with Crippen LogP contribution >= 0.6 is 0 Å². The van der Waals surface area contributed by atoms with Gasteiger partial charge in [-0.15, -0.1) is 0 Å². The number of benzene rings is 2. The van der Waals surface area contributed by atoms with Crippen LogP contribution in [-0.2, 0) is 11.3 Å². The van der Waals surface area contributed by atoms with Gasteiger partial charge < -0.3 is 15.4 Å². The van der Waals surface area contributed by atoms with Gasteiger partial charge in [-0.2, -0.15) is 0 Å². The van der Waals surface area contributed by atoms with Crippen molar-refractivity contribution in [1.29, 1.82) is 0 Å². The van der Waals surface area contributed by atoms with E-state index in [1.54, 1.807) is 7.11 Å². The minimum absolute atomic E-state index is 0.286. The summed E-state index contributed by atoms with van der Waals surface area (Å²) in [4.78, 5) is 0. The van der Waals surface area contributed by atoms with Gasteiger partial charge in [-0.25, -0.2) is 0 Å². The Morgan fingerprint density at radius 3 is 2.52 bits per heavy atom. The van der Waals surface area contributed by atoms with E-state index in [0.29, 0.717) is 0 Å². The first-order chi connectivity index (χ1) is 12.1. The summed E-state index contributed by atoms with van der Waals surface area (Å²) in [5.41, 5.74) is 10.8. The number of rotatable bonds is 6. The van der Waals surface area contributed by atoms with E-state index in [0.717, 1.165) is 12.1 Å². The lowest BCUT2D eigenvalue weighted by Gasteiger charge is -2.28. The van der Waals surface area contributed by atoms with Crippen molar-refractivity contribution in [3.8, 4) is 0 Å². The van der Waals surface area contributed by atoms with Crippen molar-refractivity contribution in [2.24, 2.45) is 5.73 Å². The number of methoxy groups -OCH3 is 1. The van der Waals surface area contributed by atoms with E-state index in [-0.39, 0.29) is 6.04 Å². The van der Waals surface area contributed by atoms with Gasteiger partial charge >= 0.3 is 0 Å². The van der Waals surface area contributed by atoms with Crippen molar-refractivity contribution in [3.05, 3.63) is 89.6 Å². The Hall–Kier alpha value is -2.40. The van der Waals surface area contributed by atoms with E-state index >= 15 is 0 Å². The minimum Gasteiger partial charge on any atom is -0.348 e. The van der Waals surface area contributed by atoms with Crippen LogP contribution in [0.2, 0.25) is 0 Å². The fraction of sp³-hybridized carbons (Fsp3) is 0.238. The van der Waals surface area contributed by atoms with Crippen LogP contribution in [0.15, 0.2) is 72.9 Å². The molecule has 130 valence electrons. The molecule has 2 atom stereocenters. The Bertz CT molecular complexity index is 770. The summed E-state index contributed by atoms with van der Waals surface area (Å²) in [5.74, 6) is -0.932. The highest BCUT2D eigenvalue weighted by Gasteiger charge is 2.22. The standard InChI is InChI=1S/C21H25N3O/c1-16(17-8-4-3-5-9-17)23-14-18-10-6-7-11-20(18)19-12-13-21(22,25-2)24-15-19/h3-13,15-16,23-24H,14,22H2,1-2H3/t16-,21?/m1/s1. The van der Waals surface area contributed by atoms with E-state index in [2.05, 4.69) is 66.1 Å². The lowest BCUT2D eigenvalue weighted by molar-refractivity contribution is 0.0191. The van der Waals surface area contributed by atoms with Gasteiger partial charge in [0.2, 0.25) is 5.85 Å². The van der Waals surface area contributed by atoms with Crippen molar-refractivity contribution >= 4 is 5.57 Å². The topological polar surface area (TPSA) is 59.3 Å². The second-order valence-corrected chi connectivity index (χ2v) is 6.24. The van der Waals surface area contributed by atoms with Crippen molar-refractivity contribution in [3.63, 3.8) is 0 Å². The molecule has 3 rings (SSSR count). The molecule has 4 N–H and O–H groups in total. The quantitative estimate of drug-likeness (QED) is 0.709. The number of nitrogens with two attached hydrogens (primary N) is 1. The van der Waals surface area contributed by atoms with Crippen LogP contribution in [0.5, 0.6) is 0 Å². The predicted octanol–water partition coefficient (Wildman–Crippen LogP) is 3.30. The van der Waals surface area contributed by atoms with E-state index in [1.807, 2.05) is 24.4 Å². The SMILES string of the molecule is COC1(N)C=CC(c2ccccc2CN[C@H](C)c2ccccc2)=CN1. The molecule has 0 saturated carbocycles. The summed E-state index contributed by atoms with van der Waals surface area (Å²) in [5, 5.41) is 6.70. The monoisotopic (exact) mass is 335 g/mol. The Labute approximate surface area is 149 Å². The van der Waals surface area contributed by atoms with E-state index in [1.165, 1.54) is 16.7 Å². The molecule has 1 unspecified atom stereocenters. The maximum atomic E-state index is 6.02. The highest BCUT2D eigenvalue weighted by molar-refractivity contribution is 5.77. The smallest absolute Gasteiger partial charge is 0.213 e. The van der Waals surface area contributed by atoms with Gasteiger partial charge in [-0.3, -0.25) is 5.73 Å². The fourth-order valence-electron chi connectivity index (χ4n) is 2.87. The molecule has 0 spiro atoms. The van der Waals surface area contributed by atoms with Crippen molar-refractivity contribution in [2.45, 2.75) is 25.4 Å². The Morgan fingerprint density at radius 1 is 1.12 bits per heavy atom. The molecule has 4 nitrogen and oxygen atoms in total. The Balaban J connectivity index is 1.73. The fourth-order valence-corrected chi connectivity index (χ4v) is 2.87. The summed E-state index contributed by atoms with van der Waals surface area (Å²) in [7, 11) is 1.58. The van der Waals surface area contributed by atoms with Gasteiger partial charge in [0.05, 0.1) is 0 Å². The van der Waals surface area contributed by atoms with Crippen LogP contribution in [0.4, 0.5) is 0 Å². The zero-order valence-electron chi connectivity index (χ0n) is 14.7. The number of nitrogens with one attached hydrogen (secondary N) is 2. The van der Waals surface area contributed by atoms with Gasteiger partial charge in [0.15, 0.2) is 0 Å². The average Bonchev–Trinajstić information content (AvgIpc) is 2.68. The molecule has 0 bridgehead atoms. The molecular weight excluding hydrogens is 310 g/mol. The molecule has 2 aromatic carbocycles. The highest BCUT2D eigenvalue weighted by atomic mass is 16.5. The van der Waals surface area contributed by atoms with E-state index < -0.39 is 5.85 Å². The van der Waals surface area contributed by atoms with Crippen LogP contribution in [0.3, 0.4) is 0 Å². The third-order valence-corrected chi connectivity index (χ3v) is 4.53. The summed E-state index contributed by atoms with van der Waals surface area (Å²) in [6.45, 7) is 2.97. The molecule has 0 radical (unpaired) electrons. The maximum Gasteiger partial charge on any atom is 0.213 e. The molecule has 0 fully saturated rings. The molecule has 2 aromatic rings. The molecule has 0 aliphatic carbocycles. The van der Waals surface area contributed by atoms with Gasteiger partial charge in [-0.05, 0) is 35.3 Å². The highest BCUT2D eigenvalue weighted by Crippen LogP contribution is 2.24. The van der Waals surface area contributed by atoms with Crippen LogP contribution in [0, 0.1) is 0 Å². The normalized spacial score (nSPS) is 20.7. The molecular formula is C21H25N3O. The molecule has 0 amide bonds. The minimum atomic E-state index is -0.932. The maximum absolute atomic E-state index is 6.02. The molecule has 4 heteroatoms. The Kier molecular flexibility index (Phi) is 5.34. The van der Waals surface area contributed by atoms with Crippen molar-refractivity contribution in [2.75, 3.05) is 7.11 Å². The molecule has 25 heavy (non-hydrogen) atoms. The Morgan fingerprint density at radius 2 is 1.84 bits per heavy atom. The predicted molar refractivity (Wildman–Crippen MR) is 102 cm³/mol. The molecule has 1 aliphatic rings. The first-order valence-corrected chi connectivity index (χ1v) is 8.49. The van der Waals surface area contributed by atoms with Crippen LogP contribution in [0.1, 0.15) is 29.7 Å². The summed E-state index contributed by atoms with van der Waals surface area (Å²) < 4.78 is 5.24. The number of allylic oxidation sites excluding steroid dienone is 2. The third kappa shape index (κ3) is 4.17. The lowest BCUT2D eigenvalue weighted by atomic mass is 9.97. The third-order valence-electron chi connectivity index (χ3n) is 4.53. The number of dihydropyridines is 1. The van der Waals surface area contributed by atoms with Crippen LogP contribution in [-0.4, -0.2) is 13.0 Å². The molecule has 1 aliphatic heterocycles. The largest absolute Gasteiger partial charge is 0.348 e. The second kappa shape index (κ2) is 7.66. The number of ether oxygens (including phenoxy) is 1. The lowest BCUT2D eigenvalue weighted by Crippen LogP contribution is -2.52. The van der Waals surface area contributed by atoms with Gasteiger partial charge in [0.1, 0.15) is 0 Å². The molecule has 0 saturated heterocycles. The first kappa shape index (κ1) is 17.4. The van der Waals surface area contributed by atoms with E-state index in [4.69, 9.17) is 10.5 Å². The second-order valence-electron chi connectivity index (χ2n) is 6.24. The molecule has 0 aromatic heterocycles. The average molecular weight is 335 g/mol. The van der Waals surface area contributed by atoms with Gasteiger partial charge in [-0.1, -0.05) is 60.7 Å². The summed E-state index contributed by atoms with van der Waals surface area (Å²) in [6, 6.07) is 19.1. The van der Waals surface area contributed by atoms with Crippen molar-refractivity contribution < 1.29 is 4.74 Å². The first-order valence-electron chi connectivity index (χ1n) is 8.49. The van der Waals surface area contributed by atoms with Crippen molar-refractivity contribution in [1.82, 2.24) is 10.6 Å². The number of hydrogen-bond donors (Lipinski definition) is 3. The summed E-state index contributed by atoms with van der Waals surface area (Å²) in [6.07, 6.45) is 5.74.